The molecule has 0 fully saturated rings. The third kappa shape index (κ3) is 3.02. The minimum absolute atomic E-state index is 0.248. The maximum Gasteiger partial charge on any atom is 0.336 e. The number of aliphatic hydroxyl groups excluding tert-OH is 1. The molecule has 2 aromatic rings. The highest BCUT2D eigenvalue weighted by atomic mass is 16.6. The topological polar surface area (TPSA) is 86.0 Å². The molecule has 0 bridgehead atoms. The van der Waals surface area contributed by atoms with E-state index in [1.807, 2.05) is 6.92 Å². The van der Waals surface area contributed by atoms with E-state index in [1.54, 1.807) is 39.0 Å². The van der Waals surface area contributed by atoms with Crippen molar-refractivity contribution >= 4 is 16.9 Å². The summed E-state index contributed by atoms with van der Waals surface area (Å²) < 4.78 is 16.8. The second-order valence-corrected chi connectivity index (χ2v) is 6.97. The summed E-state index contributed by atoms with van der Waals surface area (Å²) in [7, 11) is 0. The summed E-state index contributed by atoms with van der Waals surface area (Å²) in [6.07, 6.45) is -1.45. The molecule has 0 spiro atoms. The molecule has 0 saturated carbocycles. The molecule has 2 heterocycles. The van der Waals surface area contributed by atoms with Crippen molar-refractivity contribution in [3.63, 3.8) is 0 Å². The first-order valence-corrected chi connectivity index (χ1v) is 8.39. The van der Waals surface area contributed by atoms with Gasteiger partial charge in [0.15, 0.2) is 6.10 Å². The van der Waals surface area contributed by atoms with Crippen molar-refractivity contribution in [1.29, 1.82) is 0 Å². The van der Waals surface area contributed by atoms with E-state index in [9.17, 15) is 14.7 Å². The molecule has 25 heavy (non-hydrogen) atoms. The van der Waals surface area contributed by atoms with Gasteiger partial charge in [0, 0.05) is 11.5 Å². The molecule has 1 aromatic heterocycles. The van der Waals surface area contributed by atoms with Crippen LogP contribution in [-0.2, 0) is 9.53 Å². The van der Waals surface area contributed by atoms with E-state index in [0.717, 1.165) is 0 Å². The highest BCUT2D eigenvalue weighted by Crippen LogP contribution is 2.44. The number of esters is 1. The number of fused-ring (bicyclic) bond motifs is 3. The van der Waals surface area contributed by atoms with Gasteiger partial charge in [0.05, 0.1) is 11.5 Å². The second-order valence-electron chi connectivity index (χ2n) is 6.97. The highest BCUT2D eigenvalue weighted by molar-refractivity contribution is 5.83. The van der Waals surface area contributed by atoms with Crippen LogP contribution < -0.4 is 10.4 Å². The van der Waals surface area contributed by atoms with Crippen LogP contribution >= 0.6 is 0 Å². The van der Waals surface area contributed by atoms with Crippen LogP contribution in [0.15, 0.2) is 33.5 Å². The van der Waals surface area contributed by atoms with E-state index >= 15 is 0 Å². The Kier molecular flexibility index (Phi) is 4.33. The molecule has 6 nitrogen and oxygen atoms in total. The molecular formula is C19H22O6. The molecule has 0 saturated heterocycles. The fourth-order valence-electron chi connectivity index (χ4n) is 2.99. The van der Waals surface area contributed by atoms with E-state index in [-0.39, 0.29) is 11.5 Å². The number of carbonyl (C=O) groups excluding carboxylic acids is 1. The zero-order valence-corrected chi connectivity index (χ0v) is 14.7. The molecule has 0 radical (unpaired) electrons. The van der Waals surface area contributed by atoms with Crippen molar-refractivity contribution in [3.05, 3.63) is 40.2 Å². The number of carbonyl (C=O) groups is 1. The van der Waals surface area contributed by atoms with E-state index < -0.39 is 29.4 Å². The smallest absolute Gasteiger partial charge is 0.336 e. The van der Waals surface area contributed by atoms with Crippen LogP contribution in [0.25, 0.3) is 11.0 Å². The van der Waals surface area contributed by atoms with Crippen molar-refractivity contribution in [3.8, 4) is 5.75 Å². The minimum atomic E-state index is -1.17. The normalized spacial score (nSPS) is 22.8. The molecule has 6 heteroatoms. The maximum absolute atomic E-state index is 12.2. The zero-order chi connectivity index (χ0) is 18.4. The minimum Gasteiger partial charge on any atom is -0.483 e. The lowest BCUT2D eigenvalue weighted by Gasteiger charge is -2.42. The van der Waals surface area contributed by atoms with E-state index in [4.69, 9.17) is 13.9 Å². The molecular weight excluding hydrogens is 324 g/mol. The summed E-state index contributed by atoms with van der Waals surface area (Å²) in [5.41, 5.74) is -0.877. The summed E-state index contributed by atoms with van der Waals surface area (Å²) in [5, 5.41) is 11.6. The predicted octanol–water partition coefficient (Wildman–Crippen LogP) is 2.96. The van der Waals surface area contributed by atoms with Gasteiger partial charge < -0.3 is 19.0 Å². The van der Waals surface area contributed by atoms with Crippen molar-refractivity contribution in [2.45, 2.75) is 51.9 Å². The largest absolute Gasteiger partial charge is 0.483 e. The summed E-state index contributed by atoms with van der Waals surface area (Å²) in [6, 6.07) is 6.41. The Hall–Kier alpha value is -2.34. The SMILES string of the molecule is CCC(C)C(=O)O[C@@H]1[C@H](O)c2c(ccc3ccc(=O)oc23)OC1(C)C. The van der Waals surface area contributed by atoms with Crippen LogP contribution in [0.4, 0.5) is 0 Å². The van der Waals surface area contributed by atoms with Gasteiger partial charge in [-0.25, -0.2) is 4.79 Å². The van der Waals surface area contributed by atoms with Crippen molar-refractivity contribution in [1.82, 2.24) is 0 Å². The predicted molar refractivity (Wildman–Crippen MR) is 91.5 cm³/mol. The van der Waals surface area contributed by atoms with Gasteiger partial charge in [-0.2, -0.15) is 0 Å². The fraction of sp³-hybridized carbons (Fsp3) is 0.474. The Bertz CT molecular complexity index is 866. The maximum atomic E-state index is 12.2. The molecule has 0 amide bonds. The molecule has 0 aliphatic carbocycles. The van der Waals surface area contributed by atoms with Crippen molar-refractivity contribution in [2.75, 3.05) is 0 Å². The molecule has 1 aliphatic rings. The first-order chi connectivity index (χ1) is 11.7. The average molecular weight is 346 g/mol. The van der Waals surface area contributed by atoms with Gasteiger partial charge in [-0.05, 0) is 38.5 Å². The summed E-state index contributed by atoms with van der Waals surface area (Å²) in [5.74, 6) is -0.265. The number of aliphatic hydroxyl groups is 1. The van der Waals surface area contributed by atoms with Crippen LogP contribution in [0.5, 0.6) is 5.75 Å². The van der Waals surface area contributed by atoms with Crippen molar-refractivity contribution < 1.29 is 23.8 Å². The molecule has 1 unspecified atom stereocenters. The summed E-state index contributed by atoms with van der Waals surface area (Å²) in [6.45, 7) is 7.16. The summed E-state index contributed by atoms with van der Waals surface area (Å²) in [4.78, 5) is 23.9. The zero-order valence-electron chi connectivity index (χ0n) is 14.7. The number of ether oxygens (including phenoxy) is 2. The quantitative estimate of drug-likeness (QED) is 0.679. The Balaban J connectivity index is 2.09. The van der Waals surface area contributed by atoms with Crippen LogP contribution in [0, 0.1) is 5.92 Å². The molecule has 1 aromatic carbocycles. The fourth-order valence-corrected chi connectivity index (χ4v) is 2.99. The Morgan fingerprint density at radius 1 is 1.32 bits per heavy atom. The Morgan fingerprint density at radius 3 is 2.68 bits per heavy atom. The third-order valence-electron chi connectivity index (χ3n) is 4.69. The molecule has 134 valence electrons. The monoisotopic (exact) mass is 346 g/mol. The molecule has 3 rings (SSSR count). The van der Waals surface area contributed by atoms with Crippen LogP contribution in [0.3, 0.4) is 0 Å². The van der Waals surface area contributed by atoms with Crippen molar-refractivity contribution in [2.24, 2.45) is 5.92 Å². The van der Waals surface area contributed by atoms with Crippen LogP contribution in [0.1, 0.15) is 45.8 Å². The lowest BCUT2D eigenvalue weighted by Crippen LogP contribution is -2.51. The summed E-state index contributed by atoms with van der Waals surface area (Å²) >= 11 is 0. The van der Waals surface area contributed by atoms with Gasteiger partial charge in [0.2, 0.25) is 0 Å². The number of rotatable bonds is 3. The van der Waals surface area contributed by atoms with Crippen LogP contribution in [0.2, 0.25) is 0 Å². The van der Waals surface area contributed by atoms with Gasteiger partial charge in [-0.3, -0.25) is 4.79 Å². The van der Waals surface area contributed by atoms with E-state index in [2.05, 4.69) is 0 Å². The van der Waals surface area contributed by atoms with Gasteiger partial charge in [-0.15, -0.1) is 0 Å². The number of benzene rings is 1. The number of hydrogen-bond donors (Lipinski definition) is 1. The van der Waals surface area contributed by atoms with E-state index in [0.29, 0.717) is 23.1 Å². The molecule has 1 N–H and O–H groups in total. The molecule has 3 atom stereocenters. The first-order valence-electron chi connectivity index (χ1n) is 8.39. The van der Waals surface area contributed by atoms with Crippen LogP contribution in [-0.4, -0.2) is 22.8 Å². The number of hydrogen-bond acceptors (Lipinski definition) is 6. The standard InChI is InChI=1S/C19H22O6/c1-5-10(2)18(22)24-17-15(21)14-12(25-19(17,3)4)8-6-11-7-9-13(20)23-16(11)14/h6-10,15,17,21H,5H2,1-4H3/t10?,15-,17-/m1/s1. The average Bonchev–Trinajstić information content (AvgIpc) is 2.56. The van der Waals surface area contributed by atoms with E-state index in [1.165, 1.54) is 6.07 Å². The van der Waals surface area contributed by atoms with Gasteiger partial charge in [-0.1, -0.05) is 13.8 Å². The first kappa shape index (κ1) is 17.5. The Labute approximate surface area is 145 Å². The van der Waals surface area contributed by atoms with Gasteiger partial charge in [0.25, 0.3) is 0 Å². The van der Waals surface area contributed by atoms with Gasteiger partial charge >= 0.3 is 11.6 Å². The molecule has 1 aliphatic heterocycles. The van der Waals surface area contributed by atoms with Gasteiger partial charge in [0.1, 0.15) is 23.0 Å². The second kappa shape index (κ2) is 6.19. The lowest BCUT2D eigenvalue weighted by atomic mass is 9.87. The third-order valence-corrected chi connectivity index (χ3v) is 4.69. The lowest BCUT2D eigenvalue weighted by molar-refractivity contribution is -0.181. The highest BCUT2D eigenvalue weighted by Gasteiger charge is 2.47. The Morgan fingerprint density at radius 2 is 2.00 bits per heavy atom.